The number of halogens is 1. The van der Waals surface area contributed by atoms with Crippen LogP contribution in [0.3, 0.4) is 0 Å². The van der Waals surface area contributed by atoms with Gasteiger partial charge in [0.15, 0.2) is 11.6 Å². The molecule has 0 spiro atoms. The number of rotatable bonds is 4. The minimum atomic E-state index is -0.366. The number of nitrogens with zero attached hydrogens (tertiary/aromatic N) is 7. The SMILES string of the molecule is CN(c1ccnc(N2CCOCC2)n1)C1CCN(c2ncncc2F)CC1. The molecule has 0 atom stereocenters. The maximum absolute atomic E-state index is 13.9. The number of ether oxygens (including phenoxy) is 1. The fourth-order valence-corrected chi connectivity index (χ4v) is 3.64. The summed E-state index contributed by atoms with van der Waals surface area (Å²) in [6, 6.07) is 2.29. The van der Waals surface area contributed by atoms with Gasteiger partial charge >= 0.3 is 0 Å². The minimum Gasteiger partial charge on any atom is -0.378 e. The largest absolute Gasteiger partial charge is 0.378 e. The van der Waals surface area contributed by atoms with Crippen LogP contribution in [0.1, 0.15) is 12.8 Å². The van der Waals surface area contributed by atoms with E-state index < -0.39 is 0 Å². The van der Waals surface area contributed by atoms with Crippen molar-refractivity contribution in [2.45, 2.75) is 18.9 Å². The maximum atomic E-state index is 13.9. The number of aromatic nitrogens is 4. The maximum Gasteiger partial charge on any atom is 0.227 e. The Balaban J connectivity index is 1.40. The van der Waals surface area contributed by atoms with Crippen LogP contribution in [0.15, 0.2) is 24.8 Å². The molecule has 9 heteroatoms. The standard InChI is InChI=1S/C18H24FN7O/c1-24(16-2-5-21-18(23-16)26-8-10-27-11-9-26)14-3-6-25(7-4-14)17-15(19)12-20-13-22-17/h2,5,12-14H,3-4,6-11H2,1H3. The average molecular weight is 373 g/mol. The van der Waals surface area contributed by atoms with Crippen LogP contribution in [-0.4, -0.2) is 72.4 Å². The van der Waals surface area contributed by atoms with Crippen molar-refractivity contribution in [1.29, 1.82) is 0 Å². The summed E-state index contributed by atoms with van der Waals surface area (Å²) in [7, 11) is 2.07. The summed E-state index contributed by atoms with van der Waals surface area (Å²) in [6.45, 7) is 4.56. The van der Waals surface area contributed by atoms with Crippen LogP contribution >= 0.6 is 0 Å². The predicted molar refractivity (Wildman–Crippen MR) is 101 cm³/mol. The quantitative estimate of drug-likeness (QED) is 0.795. The van der Waals surface area contributed by atoms with Crippen molar-refractivity contribution in [2.24, 2.45) is 0 Å². The van der Waals surface area contributed by atoms with E-state index in [4.69, 9.17) is 9.72 Å². The van der Waals surface area contributed by atoms with Gasteiger partial charge in [0.1, 0.15) is 12.1 Å². The van der Waals surface area contributed by atoms with Gasteiger partial charge in [0.05, 0.1) is 19.4 Å². The number of morpholine rings is 1. The van der Waals surface area contributed by atoms with Crippen molar-refractivity contribution in [1.82, 2.24) is 19.9 Å². The summed E-state index contributed by atoms with van der Waals surface area (Å²) in [5, 5.41) is 0. The van der Waals surface area contributed by atoms with Gasteiger partial charge in [-0.3, -0.25) is 0 Å². The van der Waals surface area contributed by atoms with Gasteiger partial charge in [-0.2, -0.15) is 4.98 Å². The summed E-state index contributed by atoms with van der Waals surface area (Å²) < 4.78 is 19.3. The van der Waals surface area contributed by atoms with Gasteiger partial charge in [0.2, 0.25) is 5.95 Å². The number of hydrogen-bond acceptors (Lipinski definition) is 8. The zero-order valence-electron chi connectivity index (χ0n) is 15.5. The lowest BCUT2D eigenvalue weighted by molar-refractivity contribution is 0.122. The van der Waals surface area contributed by atoms with Crippen molar-refractivity contribution in [2.75, 3.05) is 61.1 Å². The molecule has 0 unspecified atom stereocenters. The molecular formula is C18H24FN7O. The first-order valence-corrected chi connectivity index (χ1v) is 9.31. The lowest BCUT2D eigenvalue weighted by Gasteiger charge is -2.38. The second-order valence-electron chi connectivity index (χ2n) is 6.84. The van der Waals surface area contributed by atoms with Crippen LogP contribution < -0.4 is 14.7 Å². The molecule has 2 aliphatic rings. The molecule has 0 bridgehead atoms. The molecule has 0 saturated carbocycles. The monoisotopic (exact) mass is 373 g/mol. The van der Waals surface area contributed by atoms with E-state index in [1.165, 1.54) is 12.5 Å². The van der Waals surface area contributed by atoms with E-state index in [1.807, 2.05) is 17.2 Å². The molecule has 0 N–H and O–H groups in total. The summed E-state index contributed by atoms with van der Waals surface area (Å²) in [5.74, 6) is 1.69. The van der Waals surface area contributed by atoms with E-state index in [-0.39, 0.29) is 5.82 Å². The van der Waals surface area contributed by atoms with Gasteiger partial charge in [0.25, 0.3) is 0 Å². The second kappa shape index (κ2) is 7.99. The molecule has 8 nitrogen and oxygen atoms in total. The highest BCUT2D eigenvalue weighted by atomic mass is 19.1. The zero-order chi connectivity index (χ0) is 18.6. The van der Waals surface area contributed by atoms with Gasteiger partial charge in [0, 0.05) is 45.5 Å². The van der Waals surface area contributed by atoms with Crippen LogP contribution in [0.4, 0.5) is 22.0 Å². The molecule has 4 rings (SSSR count). The molecule has 2 aliphatic heterocycles. The first-order valence-electron chi connectivity index (χ1n) is 9.31. The van der Waals surface area contributed by atoms with Crippen LogP contribution in [0.2, 0.25) is 0 Å². The van der Waals surface area contributed by atoms with Crippen molar-refractivity contribution < 1.29 is 9.13 Å². The van der Waals surface area contributed by atoms with E-state index in [1.54, 1.807) is 0 Å². The first kappa shape index (κ1) is 17.8. The van der Waals surface area contributed by atoms with Crippen LogP contribution in [-0.2, 0) is 4.74 Å². The Labute approximate surface area is 158 Å². The fraction of sp³-hybridized carbons (Fsp3) is 0.556. The highest BCUT2D eigenvalue weighted by molar-refractivity contribution is 5.45. The van der Waals surface area contributed by atoms with Gasteiger partial charge in [-0.1, -0.05) is 0 Å². The molecule has 0 amide bonds. The summed E-state index contributed by atoms with van der Waals surface area (Å²) in [4.78, 5) is 23.3. The predicted octanol–water partition coefficient (Wildman–Crippen LogP) is 1.35. The second-order valence-corrected chi connectivity index (χ2v) is 6.84. The summed E-state index contributed by atoms with van der Waals surface area (Å²) in [5.41, 5.74) is 0. The third-order valence-corrected chi connectivity index (χ3v) is 5.24. The lowest BCUT2D eigenvalue weighted by Crippen LogP contribution is -2.44. The van der Waals surface area contributed by atoms with Gasteiger partial charge in [-0.05, 0) is 18.9 Å². The molecule has 0 radical (unpaired) electrons. The Morgan fingerprint density at radius 3 is 2.63 bits per heavy atom. The molecule has 0 aliphatic carbocycles. The Morgan fingerprint density at radius 1 is 1.11 bits per heavy atom. The molecule has 2 saturated heterocycles. The molecule has 0 aromatic carbocycles. The number of anilines is 3. The van der Waals surface area contributed by atoms with E-state index in [2.05, 4.69) is 31.8 Å². The van der Waals surface area contributed by atoms with E-state index in [9.17, 15) is 4.39 Å². The molecule has 4 heterocycles. The molecule has 2 aromatic heterocycles. The number of hydrogen-bond donors (Lipinski definition) is 0. The minimum absolute atomic E-state index is 0.346. The average Bonchev–Trinajstić information content (AvgIpc) is 2.74. The molecule has 2 aromatic rings. The normalized spacial score (nSPS) is 18.6. The highest BCUT2D eigenvalue weighted by Crippen LogP contribution is 2.25. The number of piperidine rings is 1. The smallest absolute Gasteiger partial charge is 0.227 e. The van der Waals surface area contributed by atoms with Crippen molar-refractivity contribution >= 4 is 17.6 Å². The summed E-state index contributed by atoms with van der Waals surface area (Å²) >= 11 is 0. The Bertz CT molecular complexity index is 763. The van der Waals surface area contributed by atoms with Crippen LogP contribution in [0, 0.1) is 5.82 Å². The lowest BCUT2D eigenvalue weighted by atomic mass is 10.0. The fourth-order valence-electron chi connectivity index (χ4n) is 3.64. The molecule has 144 valence electrons. The highest BCUT2D eigenvalue weighted by Gasteiger charge is 2.26. The first-order chi connectivity index (χ1) is 13.2. The van der Waals surface area contributed by atoms with E-state index in [0.717, 1.165) is 50.8 Å². The van der Waals surface area contributed by atoms with Gasteiger partial charge in [-0.25, -0.2) is 19.3 Å². The van der Waals surface area contributed by atoms with Crippen LogP contribution in [0.25, 0.3) is 0 Å². The van der Waals surface area contributed by atoms with Gasteiger partial charge < -0.3 is 19.4 Å². The summed E-state index contributed by atoms with van der Waals surface area (Å²) in [6.07, 6.45) is 6.25. The van der Waals surface area contributed by atoms with Crippen LogP contribution in [0.5, 0.6) is 0 Å². The zero-order valence-corrected chi connectivity index (χ0v) is 15.5. The molecule has 27 heavy (non-hydrogen) atoms. The third-order valence-electron chi connectivity index (χ3n) is 5.24. The molecular weight excluding hydrogens is 349 g/mol. The Morgan fingerprint density at radius 2 is 1.89 bits per heavy atom. The van der Waals surface area contributed by atoms with Crippen molar-refractivity contribution in [3.8, 4) is 0 Å². The van der Waals surface area contributed by atoms with Gasteiger partial charge in [-0.15, -0.1) is 0 Å². The van der Waals surface area contributed by atoms with Crippen molar-refractivity contribution in [3.05, 3.63) is 30.6 Å². The van der Waals surface area contributed by atoms with E-state index >= 15 is 0 Å². The topological polar surface area (TPSA) is 70.5 Å². The van der Waals surface area contributed by atoms with E-state index in [0.29, 0.717) is 25.1 Å². The third kappa shape index (κ3) is 3.92. The Kier molecular flexibility index (Phi) is 5.28. The van der Waals surface area contributed by atoms with Crippen molar-refractivity contribution in [3.63, 3.8) is 0 Å². The molecule has 2 fully saturated rings. The Hall–Kier alpha value is -2.55.